The van der Waals surface area contributed by atoms with Crippen molar-refractivity contribution in [3.8, 4) is 5.75 Å². The molecule has 1 aromatic heterocycles. The van der Waals surface area contributed by atoms with Gasteiger partial charge in [0.2, 0.25) is 0 Å². The van der Waals surface area contributed by atoms with Gasteiger partial charge in [-0.05, 0) is 63.8 Å². The molecule has 226 valence electrons. The minimum Gasteiger partial charge on any atom is -0.463 e. The Balaban J connectivity index is 1.86. The quantitative estimate of drug-likeness (QED) is 0.378. The summed E-state index contributed by atoms with van der Waals surface area (Å²) >= 11 is 0. The summed E-state index contributed by atoms with van der Waals surface area (Å²) in [5.74, 6) is -5.09. The molecular weight excluding hydrogens is 544 g/mol. The number of rotatable bonds is 7. The highest BCUT2D eigenvalue weighted by Crippen LogP contribution is 2.26. The number of pyridine rings is 1. The fourth-order valence-electron chi connectivity index (χ4n) is 4.79. The van der Waals surface area contributed by atoms with E-state index in [1.807, 2.05) is 19.1 Å². The van der Waals surface area contributed by atoms with Gasteiger partial charge < -0.3 is 24.3 Å². The zero-order chi connectivity index (χ0) is 31.3. The molecular formula is C31H38N2O9. The van der Waals surface area contributed by atoms with E-state index in [-0.39, 0.29) is 17.9 Å². The van der Waals surface area contributed by atoms with Gasteiger partial charge in [0, 0.05) is 6.20 Å². The number of aromatic nitrogens is 1. The standard InChI is InChI=1S/C31H38N2O9/c1-9-21-26(42-28(35)15(2)3)20(8)40-30(37)22(14-39-29(21)36)33-27(34)24-25(17(5)10-11-32-24)41-31(38)23-18(6)12-16(4)13-19(23)7/h10-13,15,20-22,26H,9,14H2,1-8H3,(H,33,34)/t20-,21+,22-,26-/m0/s1. The third-order valence-electron chi connectivity index (χ3n) is 7.00. The van der Waals surface area contributed by atoms with Crippen LogP contribution in [0.5, 0.6) is 5.75 Å². The van der Waals surface area contributed by atoms with Crippen LogP contribution in [-0.2, 0) is 28.6 Å². The molecule has 11 heteroatoms. The first kappa shape index (κ1) is 32.2. The Kier molecular flexibility index (Phi) is 10.4. The Hall–Kier alpha value is -4.28. The summed E-state index contributed by atoms with van der Waals surface area (Å²) in [7, 11) is 0. The fraction of sp³-hybridized carbons (Fsp3) is 0.484. The lowest BCUT2D eigenvalue weighted by atomic mass is 9.95. The second kappa shape index (κ2) is 13.6. The van der Waals surface area contributed by atoms with Crippen molar-refractivity contribution in [2.24, 2.45) is 11.8 Å². The number of cyclic esters (lactones) is 2. The first-order valence-electron chi connectivity index (χ1n) is 13.9. The molecule has 0 spiro atoms. The molecule has 1 aliphatic heterocycles. The number of carbonyl (C=O) groups excluding carboxylic acids is 5. The number of aryl methyl sites for hydroxylation is 4. The maximum atomic E-state index is 13.4. The second-order valence-corrected chi connectivity index (χ2v) is 10.8. The summed E-state index contributed by atoms with van der Waals surface area (Å²) in [5, 5.41) is 2.49. The average Bonchev–Trinajstić information content (AvgIpc) is 2.93. The molecule has 0 unspecified atom stereocenters. The van der Waals surface area contributed by atoms with Crippen molar-refractivity contribution in [2.45, 2.75) is 80.1 Å². The van der Waals surface area contributed by atoms with Crippen LogP contribution < -0.4 is 10.1 Å². The van der Waals surface area contributed by atoms with Crippen LogP contribution in [0.3, 0.4) is 0 Å². The third-order valence-corrected chi connectivity index (χ3v) is 7.00. The first-order chi connectivity index (χ1) is 19.7. The number of hydrogen-bond acceptors (Lipinski definition) is 10. The maximum Gasteiger partial charge on any atom is 0.344 e. The van der Waals surface area contributed by atoms with Crippen LogP contribution in [-0.4, -0.2) is 59.6 Å². The van der Waals surface area contributed by atoms with Crippen LogP contribution in [0.15, 0.2) is 24.4 Å². The van der Waals surface area contributed by atoms with E-state index in [1.165, 1.54) is 13.1 Å². The molecule has 1 fully saturated rings. The van der Waals surface area contributed by atoms with Gasteiger partial charge in [-0.1, -0.05) is 38.5 Å². The van der Waals surface area contributed by atoms with E-state index in [0.29, 0.717) is 11.1 Å². The largest absolute Gasteiger partial charge is 0.463 e. The summed E-state index contributed by atoms with van der Waals surface area (Å²) in [4.78, 5) is 69.1. The molecule has 1 amide bonds. The van der Waals surface area contributed by atoms with Gasteiger partial charge in [-0.15, -0.1) is 0 Å². The minimum absolute atomic E-state index is 0.0760. The minimum atomic E-state index is -1.41. The molecule has 1 aromatic carbocycles. The number of esters is 4. The van der Waals surface area contributed by atoms with Crippen LogP contribution in [0.1, 0.15) is 77.2 Å². The first-order valence-corrected chi connectivity index (χ1v) is 13.9. The number of nitrogens with one attached hydrogen (secondary N) is 1. The predicted octanol–water partition coefficient (Wildman–Crippen LogP) is 3.72. The van der Waals surface area contributed by atoms with Crippen molar-refractivity contribution in [1.29, 1.82) is 0 Å². The molecule has 1 aliphatic rings. The van der Waals surface area contributed by atoms with E-state index in [0.717, 1.165) is 16.7 Å². The normalized spacial score (nSPS) is 20.9. The highest BCUT2D eigenvalue weighted by Gasteiger charge is 2.41. The molecule has 42 heavy (non-hydrogen) atoms. The van der Waals surface area contributed by atoms with Gasteiger partial charge in [0.1, 0.15) is 12.7 Å². The summed E-state index contributed by atoms with van der Waals surface area (Å²) in [6.07, 6.45) is -0.457. The Morgan fingerprint density at radius 1 is 1.05 bits per heavy atom. The average molecular weight is 583 g/mol. The number of hydrogen-bond donors (Lipinski definition) is 1. The highest BCUT2D eigenvalue weighted by molar-refractivity contribution is 6.00. The van der Waals surface area contributed by atoms with Gasteiger partial charge >= 0.3 is 23.9 Å². The Bertz CT molecular complexity index is 1360. The van der Waals surface area contributed by atoms with Crippen molar-refractivity contribution >= 4 is 29.8 Å². The van der Waals surface area contributed by atoms with Gasteiger partial charge in [0.15, 0.2) is 23.6 Å². The summed E-state index contributed by atoms with van der Waals surface area (Å²) in [5.41, 5.74) is 3.02. The van der Waals surface area contributed by atoms with Gasteiger partial charge in [-0.2, -0.15) is 0 Å². The van der Waals surface area contributed by atoms with Gasteiger partial charge in [0.05, 0.1) is 17.4 Å². The van der Waals surface area contributed by atoms with Crippen LogP contribution in [0.2, 0.25) is 0 Å². The number of benzene rings is 1. The van der Waals surface area contributed by atoms with E-state index >= 15 is 0 Å². The highest BCUT2D eigenvalue weighted by atomic mass is 16.6. The van der Waals surface area contributed by atoms with E-state index < -0.39 is 66.5 Å². The Morgan fingerprint density at radius 2 is 1.69 bits per heavy atom. The topological polar surface area (TPSA) is 147 Å². The number of ether oxygens (including phenoxy) is 4. The fourth-order valence-corrected chi connectivity index (χ4v) is 4.79. The number of nitrogens with zero attached hydrogens (tertiary/aromatic N) is 1. The smallest absolute Gasteiger partial charge is 0.344 e. The lowest BCUT2D eigenvalue weighted by Gasteiger charge is -2.29. The molecule has 0 bridgehead atoms. The lowest BCUT2D eigenvalue weighted by Crippen LogP contribution is -2.47. The molecule has 1 N–H and O–H groups in total. The molecule has 2 heterocycles. The van der Waals surface area contributed by atoms with Crippen molar-refractivity contribution in [1.82, 2.24) is 10.3 Å². The number of amides is 1. The summed E-state index contributed by atoms with van der Waals surface area (Å²) < 4.78 is 22.1. The molecule has 0 aliphatic carbocycles. The van der Waals surface area contributed by atoms with E-state index in [2.05, 4.69) is 10.3 Å². The van der Waals surface area contributed by atoms with E-state index in [4.69, 9.17) is 18.9 Å². The van der Waals surface area contributed by atoms with Crippen LogP contribution in [0.4, 0.5) is 0 Å². The molecule has 4 atom stereocenters. The summed E-state index contributed by atoms with van der Waals surface area (Å²) in [6.45, 7) is 13.2. The zero-order valence-electron chi connectivity index (χ0n) is 25.2. The van der Waals surface area contributed by atoms with Crippen molar-refractivity contribution in [3.63, 3.8) is 0 Å². The molecule has 11 nitrogen and oxygen atoms in total. The predicted molar refractivity (Wildman–Crippen MR) is 151 cm³/mol. The molecule has 0 saturated carbocycles. The van der Waals surface area contributed by atoms with E-state index in [9.17, 15) is 24.0 Å². The molecule has 1 saturated heterocycles. The van der Waals surface area contributed by atoms with Crippen molar-refractivity contribution in [3.05, 3.63) is 57.9 Å². The Morgan fingerprint density at radius 3 is 2.29 bits per heavy atom. The lowest BCUT2D eigenvalue weighted by molar-refractivity contribution is -0.176. The van der Waals surface area contributed by atoms with Crippen molar-refractivity contribution in [2.75, 3.05) is 6.61 Å². The SMILES string of the molecule is CC[C@H]1C(=O)OC[C@H](NC(=O)c2nccc(C)c2OC(=O)c2c(C)cc(C)cc2C)C(=O)O[C@@H](C)[C@@H]1OC(=O)C(C)C. The zero-order valence-corrected chi connectivity index (χ0v) is 25.2. The van der Waals surface area contributed by atoms with Gasteiger partial charge in [-0.25, -0.2) is 14.6 Å². The Labute approximate surface area is 245 Å². The third kappa shape index (κ3) is 7.32. The monoisotopic (exact) mass is 582 g/mol. The van der Waals surface area contributed by atoms with Crippen molar-refractivity contribution < 1.29 is 42.9 Å². The maximum absolute atomic E-state index is 13.4. The second-order valence-electron chi connectivity index (χ2n) is 10.8. The van der Waals surface area contributed by atoms with Gasteiger partial charge in [0.25, 0.3) is 5.91 Å². The van der Waals surface area contributed by atoms with Gasteiger partial charge in [-0.3, -0.25) is 14.4 Å². The van der Waals surface area contributed by atoms with Crippen LogP contribution in [0, 0.1) is 39.5 Å². The van der Waals surface area contributed by atoms with Crippen LogP contribution >= 0.6 is 0 Å². The summed E-state index contributed by atoms with van der Waals surface area (Å²) in [6, 6.07) is 3.88. The molecule has 0 radical (unpaired) electrons. The van der Waals surface area contributed by atoms with E-state index in [1.54, 1.807) is 47.6 Å². The molecule has 3 rings (SSSR count). The molecule has 2 aromatic rings. The van der Waals surface area contributed by atoms with Crippen LogP contribution in [0.25, 0.3) is 0 Å². The number of carbonyl (C=O) groups is 5.